The van der Waals surface area contributed by atoms with E-state index < -0.39 is 0 Å². The summed E-state index contributed by atoms with van der Waals surface area (Å²) in [7, 11) is 0.962. The van der Waals surface area contributed by atoms with E-state index in [0.717, 1.165) is 16.7 Å². The van der Waals surface area contributed by atoms with Gasteiger partial charge in [-0.05, 0) is 6.42 Å². The number of hydrogen-bond donors (Lipinski definition) is 0. The van der Waals surface area contributed by atoms with Crippen molar-refractivity contribution >= 4 is 16.2 Å². The van der Waals surface area contributed by atoms with E-state index in [9.17, 15) is 4.79 Å². The molecule has 3 heteroatoms. The molecule has 1 unspecified atom stereocenters. The van der Waals surface area contributed by atoms with E-state index in [4.69, 9.17) is 0 Å². The van der Waals surface area contributed by atoms with Gasteiger partial charge in [0.1, 0.15) is 0 Å². The molecular formula is C4H8O2Si. The molecule has 1 fully saturated rings. The second kappa shape index (κ2) is 1.66. The van der Waals surface area contributed by atoms with Crippen molar-refractivity contribution in [2.45, 2.75) is 12.0 Å². The fraction of sp³-hybridized carbons (Fsp3) is 0.750. The van der Waals surface area contributed by atoms with Crippen LogP contribution in [0.15, 0.2) is 0 Å². The Labute approximate surface area is 45.3 Å². The van der Waals surface area contributed by atoms with Gasteiger partial charge in [-0.2, -0.15) is 0 Å². The lowest BCUT2D eigenvalue weighted by Crippen LogP contribution is -1.99. The van der Waals surface area contributed by atoms with Crippen molar-refractivity contribution in [2.75, 3.05) is 6.61 Å². The van der Waals surface area contributed by atoms with E-state index in [1.807, 2.05) is 0 Å². The number of carbonyl (C=O) groups excluding carboxylic acids is 1. The molecule has 7 heavy (non-hydrogen) atoms. The fourth-order valence-corrected chi connectivity index (χ4v) is 0.999. The summed E-state index contributed by atoms with van der Waals surface area (Å²) in [5.41, 5.74) is 0.292. The Balaban J connectivity index is 2.48. The summed E-state index contributed by atoms with van der Waals surface area (Å²) in [6.45, 7) is 0.660. The highest BCUT2D eigenvalue weighted by molar-refractivity contribution is 6.23. The molecule has 0 aromatic rings. The van der Waals surface area contributed by atoms with Gasteiger partial charge in [0.15, 0.2) is 0 Å². The summed E-state index contributed by atoms with van der Waals surface area (Å²) in [5, 5.41) is 0. The molecule has 0 aliphatic carbocycles. The molecule has 0 amide bonds. The van der Waals surface area contributed by atoms with Crippen molar-refractivity contribution in [2.24, 2.45) is 0 Å². The molecule has 1 aliphatic heterocycles. The summed E-state index contributed by atoms with van der Waals surface area (Å²) < 4.78 is 4.66. The molecule has 2 nitrogen and oxygen atoms in total. The lowest BCUT2D eigenvalue weighted by atomic mass is 10.4. The molecule has 0 spiro atoms. The van der Waals surface area contributed by atoms with Gasteiger partial charge in [-0.15, -0.1) is 0 Å². The number of carbonyl (C=O) groups is 1. The van der Waals surface area contributed by atoms with Crippen LogP contribution >= 0.6 is 0 Å². The highest BCUT2D eigenvalue weighted by atomic mass is 28.1. The zero-order valence-corrected chi connectivity index (χ0v) is 6.31. The standard InChI is InChI=1S/C4H8O2Si/c5-4-3(7)1-2-6-4/h3H,1-2H2,7H3. The van der Waals surface area contributed by atoms with Crippen LogP contribution < -0.4 is 0 Å². The van der Waals surface area contributed by atoms with E-state index in [-0.39, 0.29) is 5.97 Å². The average molecular weight is 116 g/mol. The SMILES string of the molecule is O=C1OCCC1[SiH3]. The van der Waals surface area contributed by atoms with Crippen LogP contribution in [0.5, 0.6) is 0 Å². The van der Waals surface area contributed by atoms with Crippen molar-refractivity contribution in [3.63, 3.8) is 0 Å². The number of ether oxygens (including phenoxy) is 1. The third-order valence-electron chi connectivity index (χ3n) is 1.20. The van der Waals surface area contributed by atoms with Crippen LogP contribution in [-0.4, -0.2) is 22.8 Å². The number of hydrogen-bond acceptors (Lipinski definition) is 2. The summed E-state index contributed by atoms with van der Waals surface area (Å²) in [4.78, 5) is 10.4. The quantitative estimate of drug-likeness (QED) is 0.302. The van der Waals surface area contributed by atoms with Gasteiger partial charge < -0.3 is 4.74 Å². The molecular weight excluding hydrogens is 108 g/mol. The normalized spacial score (nSPS) is 30.9. The predicted molar refractivity (Wildman–Crippen MR) is 29.3 cm³/mol. The summed E-state index contributed by atoms with van der Waals surface area (Å²) in [6.07, 6.45) is 0.963. The monoisotopic (exact) mass is 116 g/mol. The summed E-state index contributed by atoms with van der Waals surface area (Å²) >= 11 is 0. The third kappa shape index (κ3) is 0.824. The molecule has 0 aromatic carbocycles. The molecule has 0 radical (unpaired) electrons. The Morgan fingerprint density at radius 2 is 2.57 bits per heavy atom. The van der Waals surface area contributed by atoms with Crippen molar-refractivity contribution in [1.29, 1.82) is 0 Å². The van der Waals surface area contributed by atoms with Gasteiger partial charge in [0.25, 0.3) is 0 Å². The van der Waals surface area contributed by atoms with E-state index in [1.165, 1.54) is 0 Å². The number of esters is 1. The van der Waals surface area contributed by atoms with Gasteiger partial charge in [0.2, 0.25) is 0 Å². The first kappa shape index (κ1) is 4.84. The minimum absolute atomic E-state index is 0.0201. The fourth-order valence-electron chi connectivity index (χ4n) is 0.596. The van der Waals surface area contributed by atoms with Crippen LogP contribution in [0, 0.1) is 0 Å². The smallest absolute Gasteiger partial charge is 0.305 e. The van der Waals surface area contributed by atoms with Crippen molar-refractivity contribution in [3.8, 4) is 0 Å². The van der Waals surface area contributed by atoms with E-state index >= 15 is 0 Å². The lowest BCUT2D eigenvalue weighted by Gasteiger charge is -1.88. The maximum absolute atomic E-state index is 10.4. The summed E-state index contributed by atoms with van der Waals surface area (Å²) in [6, 6.07) is 0. The second-order valence-corrected chi connectivity index (χ2v) is 3.25. The second-order valence-electron chi connectivity index (χ2n) is 1.86. The number of rotatable bonds is 0. The Morgan fingerprint density at radius 3 is 2.71 bits per heavy atom. The van der Waals surface area contributed by atoms with E-state index in [0.29, 0.717) is 12.1 Å². The molecule has 40 valence electrons. The molecule has 1 aliphatic rings. The maximum atomic E-state index is 10.4. The minimum Gasteiger partial charge on any atom is -0.466 e. The maximum Gasteiger partial charge on any atom is 0.305 e. The first-order valence-electron chi connectivity index (χ1n) is 2.47. The first-order chi connectivity index (χ1) is 3.30. The molecule has 0 aromatic heterocycles. The van der Waals surface area contributed by atoms with Gasteiger partial charge in [-0.1, -0.05) is 0 Å². The highest BCUT2D eigenvalue weighted by Crippen LogP contribution is 2.14. The van der Waals surface area contributed by atoms with Crippen molar-refractivity contribution in [1.82, 2.24) is 0 Å². The molecule has 0 bridgehead atoms. The van der Waals surface area contributed by atoms with Gasteiger partial charge >= 0.3 is 5.97 Å². The third-order valence-corrected chi connectivity index (χ3v) is 2.25. The van der Waals surface area contributed by atoms with Crippen LogP contribution in [0.2, 0.25) is 5.54 Å². The molecule has 1 saturated heterocycles. The molecule has 1 rings (SSSR count). The van der Waals surface area contributed by atoms with Crippen LogP contribution in [0.3, 0.4) is 0 Å². The Morgan fingerprint density at radius 1 is 1.86 bits per heavy atom. The lowest BCUT2D eigenvalue weighted by molar-refractivity contribution is -0.137. The Kier molecular flexibility index (Phi) is 1.14. The van der Waals surface area contributed by atoms with Crippen LogP contribution in [0.4, 0.5) is 0 Å². The first-order valence-corrected chi connectivity index (χ1v) is 3.63. The summed E-state index contributed by atoms with van der Waals surface area (Å²) in [5.74, 6) is 0.0201. The molecule has 0 N–H and O–H groups in total. The largest absolute Gasteiger partial charge is 0.466 e. The average Bonchev–Trinajstić information content (AvgIpc) is 1.91. The Hall–Kier alpha value is -0.313. The van der Waals surface area contributed by atoms with Crippen LogP contribution in [-0.2, 0) is 9.53 Å². The highest BCUT2D eigenvalue weighted by Gasteiger charge is 2.20. The molecule has 1 heterocycles. The van der Waals surface area contributed by atoms with Gasteiger partial charge in [0, 0.05) is 15.8 Å². The molecule has 1 atom stereocenters. The van der Waals surface area contributed by atoms with Gasteiger partial charge in [-0.3, -0.25) is 4.79 Å². The zero-order chi connectivity index (χ0) is 5.28. The van der Waals surface area contributed by atoms with Crippen LogP contribution in [0.25, 0.3) is 0 Å². The zero-order valence-electron chi connectivity index (χ0n) is 4.31. The Bertz CT molecular complexity index is 91.7. The topological polar surface area (TPSA) is 26.3 Å². The van der Waals surface area contributed by atoms with Crippen molar-refractivity contribution in [3.05, 3.63) is 0 Å². The van der Waals surface area contributed by atoms with Crippen LogP contribution in [0.1, 0.15) is 6.42 Å². The van der Waals surface area contributed by atoms with E-state index in [2.05, 4.69) is 4.74 Å². The predicted octanol–water partition coefficient (Wildman–Crippen LogP) is -0.913. The molecule has 0 saturated carbocycles. The minimum atomic E-state index is 0.0201. The van der Waals surface area contributed by atoms with E-state index in [1.54, 1.807) is 0 Å². The van der Waals surface area contributed by atoms with Gasteiger partial charge in [0.05, 0.1) is 6.61 Å². The number of cyclic esters (lactones) is 1. The van der Waals surface area contributed by atoms with Gasteiger partial charge in [-0.25, -0.2) is 0 Å². The van der Waals surface area contributed by atoms with Crippen molar-refractivity contribution < 1.29 is 9.53 Å².